The Labute approximate surface area is 140 Å². The molecule has 1 unspecified atom stereocenters. The summed E-state index contributed by atoms with van der Waals surface area (Å²) >= 11 is 6.00. The number of ether oxygens (including phenoxy) is 1. The number of fused-ring (bicyclic) bond motifs is 1. The van der Waals surface area contributed by atoms with E-state index >= 15 is 0 Å². The Morgan fingerprint density at radius 3 is 2.65 bits per heavy atom. The first kappa shape index (κ1) is 15.7. The molecule has 23 heavy (non-hydrogen) atoms. The summed E-state index contributed by atoms with van der Waals surface area (Å²) in [6.45, 7) is 1.71. The minimum atomic E-state index is -1.53. The maximum atomic E-state index is 12.9. The van der Waals surface area contributed by atoms with Crippen molar-refractivity contribution in [1.29, 1.82) is 0 Å². The van der Waals surface area contributed by atoms with Crippen LogP contribution in [0.4, 0.5) is 0 Å². The summed E-state index contributed by atoms with van der Waals surface area (Å²) in [5, 5.41) is 0.913. The molecule has 0 aliphatic heterocycles. The van der Waals surface area contributed by atoms with Crippen molar-refractivity contribution in [1.82, 2.24) is 8.96 Å². The van der Waals surface area contributed by atoms with Gasteiger partial charge in [-0.15, -0.1) is 0 Å². The van der Waals surface area contributed by atoms with Gasteiger partial charge in [-0.25, -0.2) is 18.0 Å². The molecule has 0 bridgehead atoms. The first-order valence-corrected chi connectivity index (χ1v) is 8.25. The van der Waals surface area contributed by atoms with Crippen LogP contribution in [-0.2, 0) is 15.7 Å². The molecule has 7 heteroatoms. The van der Waals surface area contributed by atoms with E-state index in [-0.39, 0.29) is 0 Å². The number of carbonyl (C=O) groups excluding carboxylic acids is 1. The summed E-state index contributed by atoms with van der Waals surface area (Å²) < 4.78 is 19.3. The van der Waals surface area contributed by atoms with Gasteiger partial charge in [-0.3, -0.25) is 0 Å². The van der Waals surface area contributed by atoms with Crippen molar-refractivity contribution < 1.29 is 13.7 Å². The molecule has 3 rings (SSSR count). The van der Waals surface area contributed by atoms with Crippen LogP contribution in [-0.4, -0.2) is 26.2 Å². The maximum Gasteiger partial charge on any atom is 0.340 e. The molecular formula is C16H13ClN2O3S. The number of esters is 1. The molecule has 0 saturated heterocycles. The molecule has 1 aromatic carbocycles. The van der Waals surface area contributed by atoms with Gasteiger partial charge < -0.3 is 4.74 Å². The molecule has 1 atom stereocenters. The van der Waals surface area contributed by atoms with Crippen LogP contribution in [0, 0.1) is 6.92 Å². The highest BCUT2D eigenvalue weighted by molar-refractivity contribution is 7.83. The van der Waals surface area contributed by atoms with Crippen molar-refractivity contribution in [3.05, 3.63) is 58.9 Å². The van der Waals surface area contributed by atoms with E-state index in [0.29, 0.717) is 32.2 Å². The van der Waals surface area contributed by atoms with E-state index in [4.69, 9.17) is 16.3 Å². The monoisotopic (exact) mass is 348 g/mol. The first-order chi connectivity index (χ1) is 11.0. The second kappa shape index (κ2) is 6.14. The lowest BCUT2D eigenvalue weighted by molar-refractivity contribution is 0.0602. The van der Waals surface area contributed by atoms with Crippen LogP contribution < -0.4 is 0 Å². The van der Waals surface area contributed by atoms with E-state index in [1.807, 2.05) is 6.07 Å². The van der Waals surface area contributed by atoms with Gasteiger partial charge in [0.1, 0.15) is 0 Å². The molecule has 0 aliphatic rings. The Bertz CT molecular complexity index is 922. The zero-order chi connectivity index (χ0) is 16.6. The second-order valence-electron chi connectivity index (χ2n) is 4.83. The maximum absolute atomic E-state index is 12.9. The molecule has 118 valence electrons. The van der Waals surface area contributed by atoms with Crippen molar-refractivity contribution in [2.24, 2.45) is 0 Å². The number of pyridine rings is 1. The van der Waals surface area contributed by atoms with Crippen molar-refractivity contribution in [3.63, 3.8) is 0 Å². The average Bonchev–Trinajstić information content (AvgIpc) is 2.85. The van der Waals surface area contributed by atoms with Crippen molar-refractivity contribution in [2.45, 2.75) is 11.8 Å². The molecule has 5 nitrogen and oxygen atoms in total. The minimum absolute atomic E-state index is 0.321. The van der Waals surface area contributed by atoms with Gasteiger partial charge in [0, 0.05) is 17.3 Å². The molecule has 2 heterocycles. The van der Waals surface area contributed by atoms with Gasteiger partial charge in [0.05, 0.1) is 22.6 Å². The molecule has 0 saturated carbocycles. The van der Waals surface area contributed by atoms with Crippen LogP contribution in [0.2, 0.25) is 5.02 Å². The summed E-state index contributed by atoms with van der Waals surface area (Å²) in [7, 11) is -0.231. The van der Waals surface area contributed by atoms with Gasteiger partial charge in [0.2, 0.25) is 0 Å². The fraction of sp³-hybridized carbons (Fsp3) is 0.125. The number of hydrogen-bond donors (Lipinski definition) is 0. The second-order valence-corrected chi connectivity index (χ2v) is 6.60. The van der Waals surface area contributed by atoms with Crippen LogP contribution in [0.25, 0.3) is 11.0 Å². The lowest BCUT2D eigenvalue weighted by Crippen LogP contribution is -2.09. The Morgan fingerprint density at radius 1 is 1.30 bits per heavy atom. The van der Waals surface area contributed by atoms with Crippen LogP contribution in [0.3, 0.4) is 0 Å². The number of rotatable bonds is 3. The zero-order valence-corrected chi connectivity index (χ0v) is 14.0. The quantitative estimate of drug-likeness (QED) is 0.681. The first-order valence-electron chi connectivity index (χ1n) is 6.76. The lowest BCUT2D eigenvalue weighted by Gasteiger charge is -2.07. The largest absolute Gasteiger partial charge is 0.465 e. The minimum Gasteiger partial charge on any atom is -0.465 e. The van der Waals surface area contributed by atoms with Crippen LogP contribution in [0.1, 0.15) is 16.1 Å². The van der Waals surface area contributed by atoms with Gasteiger partial charge in [-0.1, -0.05) is 29.8 Å². The van der Waals surface area contributed by atoms with Crippen molar-refractivity contribution >= 4 is 39.6 Å². The number of nitrogens with zero attached hydrogens (tertiary/aromatic N) is 2. The Balaban J connectivity index is 2.31. The zero-order valence-electron chi connectivity index (χ0n) is 12.4. The Morgan fingerprint density at radius 2 is 2.00 bits per heavy atom. The molecule has 0 radical (unpaired) electrons. The topological polar surface area (TPSA) is 61.2 Å². The summed E-state index contributed by atoms with van der Waals surface area (Å²) in [5.41, 5.74) is 1.26. The number of benzene rings is 1. The molecule has 0 N–H and O–H groups in total. The molecule has 0 amide bonds. The highest BCUT2D eigenvalue weighted by atomic mass is 35.5. The van der Waals surface area contributed by atoms with Gasteiger partial charge in [-0.2, -0.15) is 0 Å². The smallest absolute Gasteiger partial charge is 0.340 e. The van der Waals surface area contributed by atoms with E-state index in [2.05, 4.69) is 4.98 Å². The Hall–Kier alpha value is -2.18. The standard InChI is InChI=1S/C16H13ClN2O3S/c1-10-14(16(20)22-2)13-8-11(17)9-18-15(13)19(10)23(21)12-6-4-3-5-7-12/h3-9H,1-2H3. The third-order valence-electron chi connectivity index (χ3n) is 3.46. The summed E-state index contributed by atoms with van der Waals surface area (Å²) in [4.78, 5) is 17.0. The summed E-state index contributed by atoms with van der Waals surface area (Å²) in [6.07, 6.45) is 1.46. The summed E-state index contributed by atoms with van der Waals surface area (Å²) in [5.74, 6) is -0.514. The lowest BCUT2D eigenvalue weighted by atomic mass is 10.2. The van der Waals surface area contributed by atoms with Crippen LogP contribution in [0.5, 0.6) is 0 Å². The number of carbonyl (C=O) groups is 1. The predicted octanol–water partition coefficient (Wildman–Crippen LogP) is 3.36. The Kier molecular flexibility index (Phi) is 4.19. The summed E-state index contributed by atoms with van der Waals surface area (Å²) in [6, 6.07) is 10.6. The van der Waals surface area contributed by atoms with Crippen molar-refractivity contribution in [3.8, 4) is 0 Å². The number of methoxy groups -OCH3 is 1. The van der Waals surface area contributed by atoms with E-state index < -0.39 is 17.0 Å². The highest BCUT2D eigenvalue weighted by Gasteiger charge is 2.25. The van der Waals surface area contributed by atoms with Crippen molar-refractivity contribution in [2.75, 3.05) is 7.11 Å². The van der Waals surface area contributed by atoms with Crippen LogP contribution in [0.15, 0.2) is 47.5 Å². The van der Waals surface area contributed by atoms with Gasteiger partial charge in [0.25, 0.3) is 0 Å². The van der Waals surface area contributed by atoms with E-state index in [9.17, 15) is 9.00 Å². The van der Waals surface area contributed by atoms with E-state index in [1.54, 1.807) is 37.3 Å². The molecule has 0 aliphatic carbocycles. The molecule has 0 fully saturated rings. The molecule has 2 aromatic heterocycles. The fourth-order valence-corrected chi connectivity index (χ4v) is 3.84. The predicted molar refractivity (Wildman–Crippen MR) is 89.1 cm³/mol. The van der Waals surface area contributed by atoms with Gasteiger partial charge in [0.15, 0.2) is 16.6 Å². The van der Waals surface area contributed by atoms with Gasteiger partial charge >= 0.3 is 5.97 Å². The normalized spacial score (nSPS) is 12.3. The third kappa shape index (κ3) is 2.64. The third-order valence-corrected chi connectivity index (χ3v) is 5.12. The number of hydrogen-bond acceptors (Lipinski definition) is 4. The highest BCUT2D eigenvalue weighted by Crippen LogP contribution is 2.29. The molecule has 3 aromatic rings. The number of aromatic nitrogens is 2. The molecule has 0 spiro atoms. The van der Waals surface area contributed by atoms with Crippen LogP contribution >= 0.6 is 11.6 Å². The fourth-order valence-electron chi connectivity index (χ4n) is 2.44. The van der Waals surface area contributed by atoms with E-state index in [0.717, 1.165) is 0 Å². The van der Waals surface area contributed by atoms with E-state index in [1.165, 1.54) is 17.3 Å². The molecular weight excluding hydrogens is 336 g/mol. The number of halogens is 1. The van der Waals surface area contributed by atoms with Gasteiger partial charge in [-0.05, 0) is 25.1 Å². The SMILES string of the molecule is COC(=O)c1c(C)n(S(=O)c2ccccc2)c2ncc(Cl)cc12. The average molecular weight is 349 g/mol.